The van der Waals surface area contributed by atoms with E-state index in [1.165, 1.54) is 0 Å². The van der Waals surface area contributed by atoms with Crippen LogP contribution in [0.1, 0.15) is 40.7 Å². The molecule has 47 heavy (non-hydrogen) atoms. The predicted octanol–water partition coefficient (Wildman–Crippen LogP) is 6.82. The molecule has 10 heteroatoms. The molecule has 1 saturated heterocycles. The summed E-state index contributed by atoms with van der Waals surface area (Å²) in [6.07, 6.45) is 2.62. The number of methoxy groups -OCH3 is 1. The van der Waals surface area contributed by atoms with Gasteiger partial charge in [0, 0.05) is 41.7 Å². The van der Waals surface area contributed by atoms with Gasteiger partial charge in [0.2, 0.25) is 5.91 Å². The Bertz CT molecular complexity index is 1720. The highest BCUT2D eigenvalue weighted by molar-refractivity contribution is 6.37. The van der Waals surface area contributed by atoms with Gasteiger partial charge in [0.15, 0.2) is 5.75 Å². The van der Waals surface area contributed by atoms with Crippen molar-refractivity contribution in [2.24, 2.45) is 5.92 Å². The monoisotopic (exact) mass is 675 g/mol. The molecule has 2 amide bonds. The van der Waals surface area contributed by atoms with Crippen LogP contribution in [-0.2, 0) is 11.3 Å². The van der Waals surface area contributed by atoms with E-state index >= 15 is 0 Å². The van der Waals surface area contributed by atoms with Gasteiger partial charge in [-0.3, -0.25) is 9.59 Å². The van der Waals surface area contributed by atoms with Crippen molar-refractivity contribution in [1.82, 2.24) is 15.5 Å². The second-order valence-corrected chi connectivity index (χ2v) is 12.9. The highest BCUT2D eigenvalue weighted by atomic mass is 35.5. The van der Waals surface area contributed by atoms with Crippen LogP contribution in [-0.4, -0.2) is 62.2 Å². The fraction of sp³-hybridized carbons (Fsp3) is 0.351. The normalized spacial score (nSPS) is 17.6. The molecule has 0 radical (unpaired) electrons. The van der Waals surface area contributed by atoms with Gasteiger partial charge in [-0.2, -0.15) is 0 Å². The van der Waals surface area contributed by atoms with Crippen LogP contribution < -0.4 is 24.8 Å². The standard InChI is InChI=1S/C37H39Cl2N3O5/c1-23-19-31(38)35(32(39)20-23)47-18-17-46-28-13-9-25(10-14-28)36(43)41-33-15-16-40-21-30(33)37(44)42(27-11-12-27)22-26-8-7-24-5-3-4-6-29(24)34(26)45-2/h3-10,13-14,19-20,27,30,33,40H,11-12,15-18,21-22H2,1-2H3,(H,41,43)/t30?,33-/m0/s1. The number of hydrogen-bond acceptors (Lipinski definition) is 6. The Morgan fingerprint density at radius 2 is 1.64 bits per heavy atom. The smallest absolute Gasteiger partial charge is 0.251 e. The predicted molar refractivity (Wildman–Crippen MR) is 185 cm³/mol. The Labute approximate surface area is 285 Å². The number of hydrogen-bond donors (Lipinski definition) is 2. The van der Waals surface area contributed by atoms with Crippen molar-refractivity contribution in [3.8, 4) is 17.2 Å². The molecule has 0 spiro atoms. The van der Waals surface area contributed by atoms with Gasteiger partial charge in [0.25, 0.3) is 5.91 Å². The first-order valence-corrected chi connectivity index (χ1v) is 16.8. The summed E-state index contributed by atoms with van der Waals surface area (Å²) in [5, 5.41) is 9.56. The Morgan fingerprint density at radius 3 is 2.36 bits per heavy atom. The zero-order valence-electron chi connectivity index (χ0n) is 26.6. The number of amides is 2. The highest BCUT2D eigenvalue weighted by Gasteiger charge is 2.40. The summed E-state index contributed by atoms with van der Waals surface area (Å²) >= 11 is 12.5. The van der Waals surface area contributed by atoms with E-state index in [2.05, 4.69) is 28.8 Å². The fourth-order valence-corrected chi connectivity index (χ4v) is 6.90. The summed E-state index contributed by atoms with van der Waals surface area (Å²) in [6, 6.07) is 22.7. The van der Waals surface area contributed by atoms with Crippen LogP contribution in [0, 0.1) is 12.8 Å². The average molecular weight is 677 g/mol. The van der Waals surface area contributed by atoms with E-state index in [0.29, 0.717) is 46.6 Å². The molecule has 1 aliphatic heterocycles. The van der Waals surface area contributed by atoms with E-state index < -0.39 is 0 Å². The van der Waals surface area contributed by atoms with Crippen LogP contribution in [0.15, 0.2) is 72.8 Å². The fourth-order valence-electron chi connectivity index (χ4n) is 6.20. The van der Waals surface area contributed by atoms with Gasteiger partial charge in [-0.15, -0.1) is 0 Å². The third-order valence-corrected chi connectivity index (χ3v) is 9.31. The van der Waals surface area contributed by atoms with Crippen LogP contribution in [0.5, 0.6) is 17.2 Å². The molecule has 2 atom stereocenters. The van der Waals surface area contributed by atoms with E-state index in [9.17, 15) is 9.59 Å². The summed E-state index contributed by atoms with van der Waals surface area (Å²) in [5.74, 6) is 1.29. The first-order chi connectivity index (χ1) is 22.8. The third-order valence-electron chi connectivity index (χ3n) is 8.75. The van der Waals surface area contributed by atoms with Gasteiger partial charge in [-0.25, -0.2) is 0 Å². The van der Waals surface area contributed by atoms with Crippen molar-refractivity contribution in [3.63, 3.8) is 0 Å². The molecular weight excluding hydrogens is 637 g/mol. The van der Waals surface area contributed by atoms with Crippen molar-refractivity contribution < 1.29 is 23.8 Å². The molecule has 1 unspecified atom stereocenters. The SMILES string of the molecule is COc1c(CN(C(=O)C2CNCC[C@@H]2NC(=O)c2ccc(OCCOc3c(Cl)cc(C)cc3Cl)cc2)C2CC2)ccc2ccccc12. The zero-order chi connectivity index (χ0) is 32.9. The molecule has 4 aromatic carbocycles. The molecule has 1 saturated carbocycles. The largest absolute Gasteiger partial charge is 0.496 e. The van der Waals surface area contributed by atoms with Crippen LogP contribution in [0.25, 0.3) is 10.8 Å². The van der Waals surface area contributed by atoms with Gasteiger partial charge < -0.3 is 29.7 Å². The van der Waals surface area contributed by atoms with E-state index in [-0.39, 0.29) is 43.0 Å². The highest BCUT2D eigenvalue weighted by Crippen LogP contribution is 2.36. The van der Waals surface area contributed by atoms with Gasteiger partial charge in [0.1, 0.15) is 24.7 Å². The number of halogens is 2. The summed E-state index contributed by atoms with van der Waals surface area (Å²) < 4.78 is 17.4. The van der Waals surface area contributed by atoms with Crippen molar-refractivity contribution in [2.45, 2.75) is 44.8 Å². The van der Waals surface area contributed by atoms with E-state index in [1.54, 1.807) is 43.5 Å². The molecule has 246 valence electrons. The van der Waals surface area contributed by atoms with Crippen LogP contribution in [0.2, 0.25) is 10.0 Å². The van der Waals surface area contributed by atoms with Crippen LogP contribution >= 0.6 is 23.2 Å². The minimum atomic E-state index is -0.377. The number of aryl methyl sites for hydroxylation is 1. The third kappa shape index (κ3) is 7.78. The van der Waals surface area contributed by atoms with Crippen molar-refractivity contribution in [2.75, 3.05) is 33.4 Å². The maximum Gasteiger partial charge on any atom is 0.251 e. The van der Waals surface area contributed by atoms with E-state index in [0.717, 1.165) is 47.0 Å². The quantitative estimate of drug-likeness (QED) is 0.160. The molecule has 2 N–H and O–H groups in total. The van der Waals surface area contributed by atoms with E-state index in [1.807, 2.05) is 30.0 Å². The lowest BCUT2D eigenvalue weighted by Gasteiger charge is -2.36. The zero-order valence-corrected chi connectivity index (χ0v) is 28.1. The maximum atomic E-state index is 14.1. The average Bonchev–Trinajstić information content (AvgIpc) is 3.92. The Hall–Kier alpha value is -3.98. The lowest BCUT2D eigenvalue weighted by molar-refractivity contribution is -0.138. The molecule has 8 nitrogen and oxygen atoms in total. The molecule has 4 aromatic rings. The van der Waals surface area contributed by atoms with Crippen LogP contribution in [0.3, 0.4) is 0 Å². The topological polar surface area (TPSA) is 89.1 Å². The lowest BCUT2D eigenvalue weighted by atomic mass is 9.91. The number of ether oxygens (including phenoxy) is 3. The minimum Gasteiger partial charge on any atom is -0.496 e. The minimum absolute atomic E-state index is 0.0550. The summed E-state index contributed by atoms with van der Waals surface area (Å²) in [4.78, 5) is 29.5. The molecule has 6 rings (SSSR count). The number of rotatable bonds is 12. The lowest BCUT2D eigenvalue weighted by Crippen LogP contribution is -2.55. The molecule has 2 fully saturated rings. The number of nitrogens with one attached hydrogen (secondary N) is 2. The first-order valence-electron chi connectivity index (χ1n) is 16.0. The van der Waals surface area contributed by atoms with Gasteiger partial charge in [0.05, 0.1) is 23.1 Å². The molecule has 2 aliphatic rings. The Kier molecular flexibility index (Phi) is 10.4. The van der Waals surface area contributed by atoms with Gasteiger partial charge >= 0.3 is 0 Å². The summed E-state index contributed by atoms with van der Waals surface area (Å²) in [7, 11) is 1.68. The van der Waals surface area contributed by atoms with Crippen molar-refractivity contribution >= 4 is 45.8 Å². The second kappa shape index (κ2) is 14.8. The van der Waals surface area contributed by atoms with E-state index in [4.69, 9.17) is 37.4 Å². The number of nitrogens with zero attached hydrogens (tertiary/aromatic N) is 1. The number of benzene rings is 4. The molecule has 1 heterocycles. The summed E-state index contributed by atoms with van der Waals surface area (Å²) in [6.45, 7) is 4.13. The maximum absolute atomic E-state index is 14.1. The number of piperidine rings is 1. The number of carbonyl (C=O) groups is 2. The second-order valence-electron chi connectivity index (χ2n) is 12.1. The molecular formula is C37H39Cl2N3O5. The van der Waals surface area contributed by atoms with Gasteiger partial charge in [-0.1, -0.05) is 59.6 Å². The summed E-state index contributed by atoms with van der Waals surface area (Å²) in [5.41, 5.74) is 2.43. The van der Waals surface area contributed by atoms with Gasteiger partial charge in [-0.05, 0) is 80.1 Å². The van der Waals surface area contributed by atoms with Crippen molar-refractivity contribution in [3.05, 3.63) is 99.5 Å². The Morgan fingerprint density at radius 1 is 0.915 bits per heavy atom. The number of carbonyl (C=O) groups excluding carboxylic acids is 2. The van der Waals surface area contributed by atoms with Crippen molar-refractivity contribution in [1.29, 1.82) is 0 Å². The number of fused-ring (bicyclic) bond motifs is 1. The molecule has 0 aromatic heterocycles. The van der Waals surface area contributed by atoms with Crippen LogP contribution in [0.4, 0.5) is 0 Å². The molecule has 0 bridgehead atoms. The molecule has 1 aliphatic carbocycles. The Balaban J connectivity index is 1.07. The first kappa shape index (κ1) is 32.9.